The molecule has 1 aliphatic rings. The molecule has 0 aromatic rings. The lowest BCUT2D eigenvalue weighted by molar-refractivity contribution is -0.132. The SMILES string of the molecule is CCC(CC)(C(N)=O)C1CCCCC1. The third-order valence-electron chi connectivity index (χ3n) is 4.14. The highest BCUT2D eigenvalue weighted by Gasteiger charge is 2.41. The van der Waals surface area contributed by atoms with Crippen molar-refractivity contribution in [2.24, 2.45) is 17.1 Å². The van der Waals surface area contributed by atoms with E-state index in [-0.39, 0.29) is 11.3 Å². The number of carbonyl (C=O) groups is 1. The van der Waals surface area contributed by atoms with E-state index in [1.54, 1.807) is 0 Å². The van der Waals surface area contributed by atoms with Crippen LogP contribution in [-0.4, -0.2) is 5.91 Å². The van der Waals surface area contributed by atoms with E-state index in [0.29, 0.717) is 5.92 Å². The Kier molecular flexibility index (Phi) is 3.97. The number of amides is 1. The molecular weight excluding hydrogens is 174 g/mol. The molecule has 0 aromatic carbocycles. The Morgan fingerprint density at radius 3 is 2.07 bits per heavy atom. The van der Waals surface area contributed by atoms with Crippen molar-refractivity contribution in [1.82, 2.24) is 0 Å². The largest absolute Gasteiger partial charge is 0.369 e. The first-order valence-corrected chi connectivity index (χ1v) is 5.97. The fourth-order valence-corrected chi connectivity index (χ4v) is 3.03. The zero-order valence-corrected chi connectivity index (χ0v) is 9.51. The Morgan fingerprint density at radius 1 is 1.21 bits per heavy atom. The lowest BCUT2D eigenvalue weighted by atomic mass is 9.65. The van der Waals surface area contributed by atoms with Gasteiger partial charge in [-0.3, -0.25) is 4.79 Å². The first-order valence-electron chi connectivity index (χ1n) is 5.97. The van der Waals surface area contributed by atoms with Crippen LogP contribution in [0.15, 0.2) is 0 Å². The van der Waals surface area contributed by atoms with Crippen molar-refractivity contribution in [3.63, 3.8) is 0 Å². The Balaban J connectivity index is 2.78. The fraction of sp³-hybridized carbons (Fsp3) is 0.917. The zero-order valence-electron chi connectivity index (χ0n) is 9.51. The molecule has 2 heteroatoms. The van der Waals surface area contributed by atoms with Gasteiger partial charge in [0.15, 0.2) is 0 Å². The average molecular weight is 197 g/mol. The summed E-state index contributed by atoms with van der Waals surface area (Å²) in [4.78, 5) is 11.6. The first kappa shape index (κ1) is 11.5. The molecule has 14 heavy (non-hydrogen) atoms. The van der Waals surface area contributed by atoms with Gasteiger partial charge in [0.1, 0.15) is 0 Å². The van der Waals surface area contributed by atoms with Crippen molar-refractivity contribution in [3.05, 3.63) is 0 Å². The standard InChI is InChI=1S/C12H23NO/c1-3-12(4-2,11(13)14)10-8-6-5-7-9-10/h10H,3-9H2,1-2H3,(H2,13,14). The van der Waals surface area contributed by atoms with E-state index in [1.165, 1.54) is 32.1 Å². The van der Waals surface area contributed by atoms with Crippen LogP contribution in [-0.2, 0) is 4.79 Å². The highest BCUT2D eigenvalue weighted by atomic mass is 16.1. The second-order valence-electron chi connectivity index (χ2n) is 4.56. The van der Waals surface area contributed by atoms with Crippen molar-refractivity contribution in [3.8, 4) is 0 Å². The summed E-state index contributed by atoms with van der Waals surface area (Å²) in [7, 11) is 0. The first-order chi connectivity index (χ1) is 6.67. The molecule has 1 rings (SSSR count). The highest BCUT2D eigenvalue weighted by molar-refractivity contribution is 5.81. The molecule has 0 aromatic heterocycles. The van der Waals surface area contributed by atoms with Gasteiger partial charge in [-0.15, -0.1) is 0 Å². The van der Waals surface area contributed by atoms with Gasteiger partial charge in [0.25, 0.3) is 0 Å². The van der Waals surface area contributed by atoms with Gasteiger partial charge in [-0.25, -0.2) is 0 Å². The lowest BCUT2D eigenvalue weighted by Gasteiger charge is -2.39. The average Bonchev–Trinajstić information content (AvgIpc) is 2.22. The molecule has 2 nitrogen and oxygen atoms in total. The van der Waals surface area contributed by atoms with Crippen LogP contribution in [0.4, 0.5) is 0 Å². The summed E-state index contributed by atoms with van der Waals surface area (Å²) in [6.45, 7) is 4.20. The van der Waals surface area contributed by atoms with Crippen molar-refractivity contribution in [2.75, 3.05) is 0 Å². The molecule has 0 heterocycles. The van der Waals surface area contributed by atoms with Gasteiger partial charge < -0.3 is 5.73 Å². The van der Waals surface area contributed by atoms with Crippen LogP contribution in [0.25, 0.3) is 0 Å². The van der Waals surface area contributed by atoms with Crippen LogP contribution in [0, 0.1) is 11.3 Å². The van der Waals surface area contributed by atoms with Gasteiger partial charge in [0, 0.05) is 0 Å². The Morgan fingerprint density at radius 2 is 1.71 bits per heavy atom. The van der Waals surface area contributed by atoms with Crippen LogP contribution in [0.3, 0.4) is 0 Å². The Bertz CT molecular complexity index is 190. The third-order valence-corrected chi connectivity index (χ3v) is 4.14. The summed E-state index contributed by atoms with van der Waals surface area (Å²) < 4.78 is 0. The summed E-state index contributed by atoms with van der Waals surface area (Å²) >= 11 is 0. The minimum absolute atomic E-state index is 0.0746. The number of hydrogen-bond donors (Lipinski definition) is 1. The molecule has 0 aliphatic heterocycles. The van der Waals surface area contributed by atoms with E-state index in [1.807, 2.05) is 0 Å². The topological polar surface area (TPSA) is 43.1 Å². The van der Waals surface area contributed by atoms with Crippen molar-refractivity contribution in [1.29, 1.82) is 0 Å². The van der Waals surface area contributed by atoms with Crippen LogP contribution in [0.5, 0.6) is 0 Å². The van der Waals surface area contributed by atoms with Crippen molar-refractivity contribution < 1.29 is 4.79 Å². The summed E-state index contributed by atoms with van der Waals surface area (Å²) in [5, 5.41) is 0. The maximum Gasteiger partial charge on any atom is 0.223 e. The molecule has 0 spiro atoms. The van der Waals surface area contributed by atoms with Crippen LogP contribution < -0.4 is 5.73 Å². The maximum atomic E-state index is 11.6. The monoisotopic (exact) mass is 197 g/mol. The number of carbonyl (C=O) groups excluding carboxylic acids is 1. The van der Waals surface area contributed by atoms with E-state index in [9.17, 15) is 4.79 Å². The van der Waals surface area contributed by atoms with Gasteiger partial charge >= 0.3 is 0 Å². The summed E-state index contributed by atoms with van der Waals surface area (Å²) in [5.74, 6) is 0.471. The minimum Gasteiger partial charge on any atom is -0.369 e. The number of hydrogen-bond acceptors (Lipinski definition) is 1. The van der Waals surface area contributed by atoms with Crippen molar-refractivity contribution >= 4 is 5.91 Å². The molecule has 0 atom stereocenters. The molecule has 1 aliphatic carbocycles. The van der Waals surface area contributed by atoms with Gasteiger partial charge in [0.05, 0.1) is 5.41 Å². The predicted octanol–water partition coefficient (Wildman–Crippen LogP) is 2.86. The van der Waals surface area contributed by atoms with Crippen LogP contribution in [0.1, 0.15) is 58.8 Å². The van der Waals surface area contributed by atoms with E-state index in [4.69, 9.17) is 5.73 Å². The third kappa shape index (κ3) is 1.94. The van der Waals surface area contributed by atoms with Gasteiger partial charge in [-0.1, -0.05) is 33.1 Å². The quantitative estimate of drug-likeness (QED) is 0.740. The van der Waals surface area contributed by atoms with Crippen LogP contribution in [0.2, 0.25) is 0 Å². The second-order valence-corrected chi connectivity index (χ2v) is 4.56. The molecule has 0 bridgehead atoms. The molecule has 1 fully saturated rings. The van der Waals surface area contributed by atoms with E-state index in [2.05, 4.69) is 13.8 Å². The molecule has 0 unspecified atom stereocenters. The summed E-state index contributed by atoms with van der Waals surface area (Å²) in [6.07, 6.45) is 8.10. The smallest absolute Gasteiger partial charge is 0.223 e. The van der Waals surface area contributed by atoms with Crippen LogP contribution >= 0.6 is 0 Å². The normalized spacial score (nSPS) is 19.6. The summed E-state index contributed by atoms with van der Waals surface area (Å²) in [5.41, 5.74) is 5.38. The fourth-order valence-electron chi connectivity index (χ4n) is 3.03. The van der Waals surface area contributed by atoms with Gasteiger partial charge in [-0.2, -0.15) is 0 Å². The van der Waals surface area contributed by atoms with Gasteiger partial charge in [-0.05, 0) is 31.6 Å². The zero-order chi connectivity index (χ0) is 10.6. The number of primary amides is 1. The predicted molar refractivity (Wildman–Crippen MR) is 58.8 cm³/mol. The number of nitrogens with two attached hydrogens (primary N) is 1. The molecule has 0 radical (unpaired) electrons. The lowest BCUT2D eigenvalue weighted by Crippen LogP contribution is -2.43. The minimum atomic E-state index is -0.208. The molecule has 0 saturated heterocycles. The molecule has 2 N–H and O–H groups in total. The number of rotatable bonds is 4. The molecule has 82 valence electrons. The Hall–Kier alpha value is -0.530. The molecule has 1 amide bonds. The second kappa shape index (κ2) is 4.81. The highest BCUT2D eigenvalue weighted by Crippen LogP contribution is 2.43. The van der Waals surface area contributed by atoms with Gasteiger partial charge in [0.2, 0.25) is 5.91 Å². The van der Waals surface area contributed by atoms with E-state index in [0.717, 1.165) is 12.8 Å². The molecular formula is C12H23NO. The molecule has 1 saturated carbocycles. The van der Waals surface area contributed by atoms with Crippen molar-refractivity contribution in [2.45, 2.75) is 58.8 Å². The van der Waals surface area contributed by atoms with E-state index >= 15 is 0 Å². The van der Waals surface area contributed by atoms with E-state index < -0.39 is 0 Å². The Labute approximate surface area is 87.2 Å². The maximum absolute atomic E-state index is 11.6. The summed E-state index contributed by atoms with van der Waals surface area (Å²) in [6, 6.07) is 0.